The third-order valence-corrected chi connectivity index (χ3v) is 7.32. The molecule has 0 fully saturated rings. The van der Waals surface area contributed by atoms with E-state index in [-0.39, 0.29) is 17.4 Å². The molecule has 0 radical (unpaired) electrons. The van der Waals surface area contributed by atoms with Gasteiger partial charge in [0.2, 0.25) is 0 Å². The molecule has 1 unspecified atom stereocenters. The van der Waals surface area contributed by atoms with Gasteiger partial charge in [0.1, 0.15) is 12.3 Å². The quantitative estimate of drug-likeness (QED) is 0.157. The van der Waals surface area contributed by atoms with E-state index in [1.807, 2.05) is 24.5 Å². The number of carbonyl (C=O) groups is 1. The molecule has 4 nitrogen and oxygen atoms in total. The second kappa shape index (κ2) is 17.3. The van der Waals surface area contributed by atoms with E-state index in [0.29, 0.717) is 5.56 Å². The Bertz CT molecular complexity index is 930. The number of pyridine rings is 1. The van der Waals surface area contributed by atoms with Gasteiger partial charge in [0.05, 0.1) is 18.2 Å². The van der Waals surface area contributed by atoms with Gasteiger partial charge in [-0.3, -0.25) is 4.79 Å². The minimum atomic E-state index is -0.0439. The molecule has 0 bridgehead atoms. The van der Waals surface area contributed by atoms with Crippen molar-refractivity contribution in [2.75, 3.05) is 6.61 Å². The molecule has 4 heteroatoms. The minimum absolute atomic E-state index is 0.0286. The van der Waals surface area contributed by atoms with E-state index in [2.05, 4.69) is 69.6 Å². The molecule has 0 aliphatic heterocycles. The number of amides is 1. The van der Waals surface area contributed by atoms with Crippen LogP contribution in [-0.2, 0) is 12.0 Å². The largest absolute Gasteiger partial charge is 0.493 e. The van der Waals surface area contributed by atoms with Crippen LogP contribution in [0.1, 0.15) is 146 Å². The highest BCUT2D eigenvalue weighted by Gasteiger charge is 2.22. The molecule has 212 valence electrons. The number of unbranched alkanes of at least 4 members (excludes halogenated alkanes) is 9. The van der Waals surface area contributed by atoms with Crippen LogP contribution in [0.3, 0.4) is 0 Å². The summed E-state index contributed by atoms with van der Waals surface area (Å²) in [5, 5.41) is 3.25. The Balaban J connectivity index is 1.91. The average Bonchev–Trinajstić information content (AvgIpc) is 2.90. The number of carbonyl (C=O) groups excluding carboxylic acids is 1. The van der Waals surface area contributed by atoms with Crippen molar-refractivity contribution in [3.05, 3.63) is 59.4 Å². The average molecular weight is 524 g/mol. The van der Waals surface area contributed by atoms with Crippen molar-refractivity contribution in [2.24, 2.45) is 0 Å². The predicted molar refractivity (Wildman–Crippen MR) is 160 cm³/mol. The molecule has 1 aromatic carbocycles. The van der Waals surface area contributed by atoms with Gasteiger partial charge < -0.3 is 10.1 Å². The molecule has 1 aromatic heterocycles. The molecule has 2 aromatic rings. The molecule has 1 amide bonds. The fourth-order valence-electron chi connectivity index (χ4n) is 4.93. The van der Waals surface area contributed by atoms with Gasteiger partial charge >= 0.3 is 0 Å². The standard InChI is InChI=1S/C34H54N2O2/c1-7-10-11-12-13-14-15-16-17-18-26-38-32-20-19-29(27-30(32)34(4,5)6)31(9-3)35-33(37)28-21-24-36(23-8-2)25-22-28/h19-22,24-25,27,31H,7-18,23,26H2,1-6H3/p+1. The summed E-state index contributed by atoms with van der Waals surface area (Å²) < 4.78 is 8.40. The second-order valence-corrected chi connectivity index (χ2v) is 11.8. The summed E-state index contributed by atoms with van der Waals surface area (Å²) >= 11 is 0. The van der Waals surface area contributed by atoms with Crippen LogP contribution < -0.4 is 14.6 Å². The third-order valence-electron chi connectivity index (χ3n) is 7.32. The Morgan fingerprint density at radius 2 is 1.45 bits per heavy atom. The zero-order valence-electron chi connectivity index (χ0n) is 25.3. The lowest BCUT2D eigenvalue weighted by molar-refractivity contribution is -0.697. The van der Waals surface area contributed by atoms with Gasteiger partial charge in [0, 0.05) is 18.6 Å². The normalized spacial score (nSPS) is 12.4. The summed E-state index contributed by atoms with van der Waals surface area (Å²) in [6, 6.07) is 10.2. The van der Waals surface area contributed by atoms with Gasteiger partial charge in [0.25, 0.3) is 5.91 Å². The molecule has 0 spiro atoms. The van der Waals surface area contributed by atoms with E-state index >= 15 is 0 Å². The fraction of sp³-hybridized carbons (Fsp3) is 0.647. The molecule has 1 heterocycles. The van der Waals surface area contributed by atoms with Gasteiger partial charge in [-0.2, -0.15) is 0 Å². The molecule has 1 N–H and O–H groups in total. The maximum atomic E-state index is 13.0. The Morgan fingerprint density at radius 3 is 2.00 bits per heavy atom. The summed E-state index contributed by atoms with van der Waals surface area (Å²) in [6.07, 6.45) is 19.1. The Kier molecular flexibility index (Phi) is 14.5. The molecule has 0 saturated heterocycles. The molecule has 0 aliphatic rings. The zero-order valence-corrected chi connectivity index (χ0v) is 25.3. The Labute approximate surface area is 233 Å². The highest BCUT2D eigenvalue weighted by molar-refractivity contribution is 5.94. The van der Waals surface area contributed by atoms with E-state index in [1.165, 1.54) is 63.4 Å². The van der Waals surface area contributed by atoms with Gasteiger partial charge in [-0.25, -0.2) is 4.57 Å². The summed E-state index contributed by atoms with van der Waals surface area (Å²) in [5.74, 6) is 0.945. The van der Waals surface area contributed by atoms with Gasteiger partial charge in [0.15, 0.2) is 12.4 Å². The van der Waals surface area contributed by atoms with Crippen LogP contribution in [0.5, 0.6) is 5.75 Å². The lowest BCUT2D eigenvalue weighted by atomic mass is 9.84. The highest BCUT2D eigenvalue weighted by Crippen LogP contribution is 2.34. The number of rotatable bonds is 18. The number of ether oxygens (including phenoxy) is 1. The van der Waals surface area contributed by atoms with Crippen LogP contribution in [0, 0.1) is 0 Å². The van der Waals surface area contributed by atoms with E-state index in [1.54, 1.807) is 0 Å². The van der Waals surface area contributed by atoms with Crippen LogP contribution in [0.15, 0.2) is 42.7 Å². The third kappa shape index (κ3) is 11.2. The monoisotopic (exact) mass is 523 g/mol. The summed E-state index contributed by atoms with van der Waals surface area (Å²) in [4.78, 5) is 13.0. The molecular formula is C34H55N2O2+. The molecule has 2 rings (SSSR count). The highest BCUT2D eigenvalue weighted by atomic mass is 16.5. The number of aryl methyl sites for hydroxylation is 1. The summed E-state index contributed by atoms with van der Waals surface area (Å²) in [5.41, 5.74) is 2.99. The van der Waals surface area contributed by atoms with Gasteiger partial charge in [-0.15, -0.1) is 0 Å². The summed E-state index contributed by atoms with van der Waals surface area (Å²) in [7, 11) is 0. The number of nitrogens with zero attached hydrogens (tertiary/aromatic N) is 1. The van der Waals surface area contributed by atoms with E-state index in [9.17, 15) is 4.79 Å². The van der Waals surface area contributed by atoms with Gasteiger partial charge in [-0.05, 0) is 41.5 Å². The fourth-order valence-corrected chi connectivity index (χ4v) is 4.93. The Hall–Kier alpha value is -2.36. The Morgan fingerprint density at radius 1 is 0.842 bits per heavy atom. The van der Waals surface area contributed by atoms with Gasteiger partial charge in [-0.1, -0.05) is 105 Å². The first kappa shape index (κ1) is 31.9. The number of aromatic nitrogens is 1. The first-order valence-electron chi connectivity index (χ1n) is 15.4. The van der Waals surface area contributed by atoms with Crippen LogP contribution >= 0.6 is 0 Å². The molecular weight excluding hydrogens is 468 g/mol. The SMILES string of the molecule is CCCCCCCCCCCCOc1ccc(C(CC)NC(=O)c2cc[n+](CCC)cc2)cc1C(C)(C)C. The predicted octanol–water partition coefficient (Wildman–Crippen LogP) is 8.86. The van der Waals surface area contributed by atoms with E-state index in [0.717, 1.165) is 43.7 Å². The molecule has 38 heavy (non-hydrogen) atoms. The van der Waals surface area contributed by atoms with Crippen molar-refractivity contribution in [3.8, 4) is 5.75 Å². The van der Waals surface area contributed by atoms with Crippen molar-refractivity contribution in [1.29, 1.82) is 0 Å². The zero-order chi connectivity index (χ0) is 27.8. The molecule has 0 aliphatic carbocycles. The maximum Gasteiger partial charge on any atom is 0.252 e. The van der Waals surface area contributed by atoms with Crippen molar-refractivity contribution < 1.29 is 14.1 Å². The van der Waals surface area contributed by atoms with Crippen molar-refractivity contribution in [2.45, 2.75) is 137 Å². The number of benzene rings is 1. The lowest BCUT2D eigenvalue weighted by Crippen LogP contribution is -2.34. The van der Waals surface area contributed by atoms with Crippen molar-refractivity contribution in [1.82, 2.24) is 5.32 Å². The smallest absolute Gasteiger partial charge is 0.252 e. The minimum Gasteiger partial charge on any atom is -0.493 e. The lowest BCUT2D eigenvalue weighted by Gasteiger charge is -2.26. The van der Waals surface area contributed by atoms with Crippen LogP contribution in [0.4, 0.5) is 0 Å². The second-order valence-electron chi connectivity index (χ2n) is 11.8. The topological polar surface area (TPSA) is 42.2 Å². The van der Waals surface area contributed by atoms with Crippen LogP contribution in [0.25, 0.3) is 0 Å². The maximum absolute atomic E-state index is 13.0. The van der Waals surface area contributed by atoms with E-state index < -0.39 is 0 Å². The summed E-state index contributed by atoms with van der Waals surface area (Å²) in [6.45, 7) is 15.0. The number of nitrogens with one attached hydrogen (secondary N) is 1. The van der Waals surface area contributed by atoms with Crippen LogP contribution in [0.2, 0.25) is 0 Å². The number of hydrogen-bond acceptors (Lipinski definition) is 2. The first-order valence-corrected chi connectivity index (χ1v) is 15.4. The molecule has 1 atom stereocenters. The van der Waals surface area contributed by atoms with Crippen LogP contribution in [-0.4, -0.2) is 12.5 Å². The number of hydrogen-bond donors (Lipinski definition) is 1. The van der Waals surface area contributed by atoms with Crippen molar-refractivity contribution in [3.63, 3.8) is 0 Å². The van der Waals surface area contributed by atoms with Crippen molar-refractivity contribution >= 4 is 5.91 Å². The first-order chi connectivity index (χ1) is 18.3. The van der Waals surface area contributed by atoms with E-state index in [4.69, 9.17) is 4.74 Å². The molecule has 0 saturated carbocycles.